The van der Waals surface area contributed by atoms with Gasteiger partial charge in [0, 0.05) is 46.4 Å². The number of aliphatic imine (C=N–C) groups is 1. The highest BCUT2D eigenvalue weighted by molar-refractivity contribution is 5.79. The lowest BCUT2D eigenvalue weighted by atomic mass is 9.99. The molecule has 0 bridgehead atoms. The molecule has 1 saturated heterocycles. The van der Waals surface area contributed by atoms with Gasteiger partial charge < -0.3 is 15.4 Å². The van der Waals surface area contributed by atoms with Gasteiger partial charge in [0.2, 0.25) is 0 Å². The molecular formula is C23H38N4O. The number of benzene rings is 1. The highest BCUT2D eigenvalue weighted by Crippen LogP contribution is 2.28. The third-order valence-corrected chi connectivity index (χ3v) is 5.73. The van der Waals surface area contributed by atoms with Gasteiger partial charge in [-0.25, -0.2) is 0 Å². The molecule has 5 nitrogen and oxygen atoms in total. The molecule has 3 rings (SSSR count). The van der Waals surface area contributed by atoms with E-state index in [1.165, 1.54) is 49.9 Å². The molecule has 1 atom stereocenters. The van der Waals surface area contributed by atoms with E-state index in [-0.39, 0.29) is 0 Å². The topological polar surface area (TPSA) is 48.9 Å². The van der Waals surface area contributed by atoms with Crippen molar-refractivity contribution in [3.63, 3.8) is 0 Å². The first-order valence-electron chi connectivity index (χ1n) is 11.1. The molecule has 5 heteroatoms. The molecule has 1 heterocycles. The smallest absolute Gasteiger partial charge is 0.191 e. The molecule has 2 aliphatic rings. The molecule has 1 unspecified atom stereocenters. The van der Waals surface area contributed by atoms with Crippen molar-refractivity contribution in [3.05, 3.63) is 35.4 Å². The van der Waals surface area contributed by atoms with E-state index >= 15 is 0 Å². The summed E-state index contributed by atoms with van der Waals surface area (Å²) in [6, 6.07) is 8.78. The molecule has 2 N–H and O–H groups in total. The molecule has 2 fully saturated rings. The second-order valence-electron chi connectivity index (χ2n) is 8.48. The van der Waals surface area contributed by atoms with Crippen LogP contribution in [0.15, 0.2) is 29.3 Å². The van der Waals surface area contributed by atoms with E-state index in [1.807, 2.05) is 7.05 Å². The molecule has 28 heavy (non-hydrogen) atoms. The van der Waals surface area contributed by atoms with Gasteiger partial charge in [-0.15, -0.1) is 0 Å². The number of nitrogens with one attached hydrogen (secondary N) is 2. The summed E-state index contributed by atoms with van der Waals surface area (Å²) in [6.45, 7) is 9.32. The van der Waals surface area contributed by atoms with Crippen molar-refractivity contribution in [1.82, 2.24) is 15.5 Å². The summed E-state index contributed by atoms with van der Waals surface area (Å²) in [6.07, 6.45) is 6.41. The third kappa shape index (κ3) is 7.44. The zero-order valence-electron chi connectivity index (χ0n) is 17.8. The van der Waals surface area contributed by atoms with E-state index < -0.39 is 0 Å². The predicted octanol–water partition coefficient (Wildman–Crippen LogP) is 3.40. The van der Waals surface area contributed by atoms with E-state index in [0.717, 1.165) is 57.1 Å². The Morgan fingerprint density at radius 3 is 2.75 bits per heavy atom. The van der Waals surface area contributed by atoms with Crippen LogP contribution in [0.25, 0.3) is 0 Å². The maximum atomic E-state index is 5.69. The lowest BCUT2D eigenvalue weighted by Gasteiger charge is -2.31. The van der Waals surface area contributed by atoms with Crippen LogP contribution < -0.4 is 10.6 Å². The van der Waals surface area contributed by atoms with E-state index in [2.05, 4.69) is 51.7 Å². The van der Waals surface area contributed by atoms with Crippen molar-refractivity contribution in [3.8, 4) is 0 Å². The van der Waals surface area contributed by atoms with E-state index in [1.54, 1.807) is 0 Å². The zero-order chi connectivity index (χ0) is 19.6. The monoisotopic (exact) mass is 386 g/mol. The Labute approximate surface area is 170 Å². The van der Waals surface area contributed by atoms with E-state index in [4.69, 9.17) is 4.74 Å². The van der Waals surface area contributed by atoms with Crippen LogP contribution in [0.1, 0.15) is 50.2 Å². The lowest BCUT2D eigenvalue weighted by molar-refractivity contribution is 0.123. The molecule has 0 radical (unpaired) electrons. The zero-order valence-corrected chi connectivity index (χ0v) is 17.8. The molecule has 0 aromatic heterocycles. The number of ether oxygens (including phenoxy) is 1. The van der Waals surface area contributed by atoms with Gasteiger partial charge in [0.25, 0.3) is 0 Å². The van der Waals surface area contributed by atoms with Gasteiger partial charge in [-0.3, -0.25) is 9.89 Å². The van der Waals surface area contributed by atoms with Crippen LogP contribution in [0.3, 0.4) is 0 Å². The maximum absolute atomic E-state index is 5.69. The standard InChI is InChI=1S/C23H38N4O/c1-19-7-5-13-27(16-19)17-22-9-4-3-8-21(22)15-26-23(24-2)25-12-6-14-28-18-20-10-11-20/h3-4,8-9,19-20H,5-7,10-18H2,1-2H3,(H2,24,25,26). The van der Waals surface area contributed by atoms with Crippen LogP contribution in [0, 0.1) is 11.8 Å². The Kier molecular flexibility index (Phi) is 8.62. The summed E-state index contributed by atoms with van der Waals surface area (Å²) >= 11 is 0. The molecule has 1 aliphatic carbocycles. The van der Waals surface area contributed by atoms with E-state index in [9.17, 15) is 0 Å². The second kappa shape index (κ2) is 11.4. The van der Waals surface area contributed by atoms with Gasteiger partial charge in [-0.1, -0.05) is 31.2 Å². The van der Waals surface area contributed by atoms with Crippen LogP contribution in [-0.2, 0) is 17.8 Å². The Bertz CT molecular complexity index is 614. The molecule has 1 aromatic carbocycles. The normalized spacial score (nSPS) is 20.9. The summed E-state index contributed by atoms with van der Waals surface area (Å²) < 4.78 is 5.69. The average molecular weight is 387 g/mol. The van der Waals surface area contributed by atoms with Crippen LogP contribution in [0.5, 0.6) is 0 Å². The largest absolute Gasteiger partial charge is 0.381 e. The quantitative estimate of drug-likeness (QED) is 0.368. The summed E-state index contributed by atoms with van der Waals surface area (Å²) in [4.78, 5) is 6.96. The van der Waals surface area contributed by atoms with Crippen molar-refractivity contribution < 1.29 is 4.74 Å². The summed E-state index contributed by atoms with van der Waals surface area (Å²) in [5.41, 5.74) is 2.78. The third-order valence-electron chi connectivity index (χ3n) is 5.73. The van der Waals surface area contributed by atoms with Crippen molar-refractivity contribution >= 4 is 5.96 Å². The fourth-order valence-electron chi connectivity index (χ4n) is 3.87. The van der Waals surface area contributed by atoms with Gasteiger partial charge in [0.1, 0.15) is 0 Å². The average Bonchev–Trinajstić information content (AvgIpc) is 3.52. The molecular weight excluding hydrogens is 348 g/mol. The minimum absolute atomic E-state index is 0.803. The maximum Gasteiger partial charge on any atom is 0.191 e. The van der Waals surface area contributed by atoms with Gasteiger partial charge in [0.15, 0.2) is 5.96 Å². The first kappa shape index (κ1) is 21.1. The minimum Gasteiger partial charge on any atom is -0.381 e. The fourth-order valence-corrected chi connectivity index (χ4v) is 3.87. The molecule has 1 aromatic rings. The summed E-state index contributed by atoms with van der Waals surface area (Å²) in [5.74, 6) is 2.52. The first-order chi connectivity index (χ1) is 13.7. The summed E-state index contributed by atoms with van der Waals surface area (Å²) in [7, 11) is 1.83. The van der Waals surface area contributed by atoms with Gasteiger partial charge >= 0.3 is 0 Å². The number of hydrogen-bond acceptors (Lipinski definition) is 3. The Morgan fingerprint density at radius 2 is 2.00 bits per heavy atom. The van der Waals surface area contributed by atoms with Crippen molar-refractivity contribution in [2.45, 2.75) is 52.1 Å². The van der Waals surface area contributed by atoms with Gasteiger partial charge in [0.05, 0.1) is 0 Å². The SMILES string of the molecule is CN=C(NCCCOCC1CC1)NCc1ccccc1CN1CCCC(C)C1. The molecule has 1 aliphatic heterocycles. The van der Waals surface area contributed by atoms with Crippen LogP contribution >= 0.6 is 0 Å². The minimum atomic E-state index is 0.803. The van der Waals surface area contributed by atoms with Crippen LogP contribution in [-0.4, -0.2) is 50.8 Å². The van der Waals surface area contributed by atoms with Crippen LogP contribution in [0.4, 0.5) is 0 Å². The Balaban J connectivity index is 1.39. The highest BCUT2D eigenvalue weighted by atomic mass is 16.5. The number of nitrogens with zero attached hydrogens (tertiary/aromatic N) is 2. The Hall–Kier alpha value is -1.59. The summed E-state index contributed by atoms with van der Waals surface area (Å²) in [5, 5.41) is 6.87. The number of hydrogen-bond donors (Lipinski definition) is 2. The van der Waals surface area contributed by atoms with Crippen molar-refractivity contribution in [1.29, 1.82) is 0 Å². The number of guanidine groups is 1. The van der Waals surface area contributed by atoms with Crippen LogP contribution in [0.2, 0.25) is 0 Å². The van der Waals surface area contributed by atoms with Crippen molar-refractivity contribution in [2.75, 3.05) is 39.9 Å². The number of rotatable bonds is 10. The molecule has 1 saturated carbocycles. The molecule has 0 amide bonds. The number of likely N-dealkylation sites (tertiary alicyclic amines) is 1. The van der Waals surface area contributed by atoms with Gasteiger partial charge in [-0.2, -0.15) is 0 Å². The highest BCUT2D eigenvalue weighted by Gasteiger charge is 2.20. The van der Waals surface area contributed by atoms with E-state index in [0.29, 0.717) is 0 Å². The Morgan fingerprint density at radius 1 is 1.18 bits per heavy atom. The second-order valence-corrected chi connectivity index (χ2v) is 8.48. The molecule has 0 spiro atoms. The van der Waals surface area contributed by atoms with Crippen molar-refractivity contribution in [2.24, 2.45) is 16.8 Å². The van der Waals surface area contributed by atoms with Gasteiger partial charge in [-0.05, 0) is 61.6 Å². The lowest BCUT2D eigenvalue weighted by Crippen LogP contribution is -2.38. The fraction of sp³-hybridized carbons (Fsp3) is 0.696. The number of piperidine rings is 1. The first-order valence-corrected chi connectivity index (χ1v) is 11.1. The predicted molar refractivity (Wildman–Crippen MR) is 116 cm³/mol. The molecule has 156 valence electrons.